The number of aliphatic hydroxyl groups excluding tert-OH is 1. The molecule has 0 aliphatic carbocycles. The first kappa shape index (κ1) is 21.8. The number of Topliss-reactive ketones (excluding diaryl/α,β-unsaturated/α-hetero) is 1. The third-order valence-electron chi connectivity index (χ3n) is 4.96. The lowest BCUT2D eigenvalue weighted by molar-refractivity contribution is -0.826. The minimum atomic E-state index is -0.959. The van der Waals surface area contributed by atoms with E-state index in [2.05, 4.69) is 11.9 Å². The van der Waals surface area contributed by atoms with Crippen LogP contribution in [0.1, 0.15) is 71.1 Å². The summed E-state index contributed by atoms with van der Waals surface area (Å²) in [6, 6.07) is 0. The number of hydrogen-bond acceptors (Lipinski definition) is 4. The molecule has 1 heterocycles. The van der Waals surface area contributed by atoms with Gasteiger partial charge in [-0.05, 0) is 6.42 Å². The van der Waals surface area contributed by atoms with Crippen LogP contribution in [0.3, 0.4) is 0 Å². The van der Waals surface area contributed by atoms with Gasteiger partial charge in [0, 0.05) is 6.42 Å². The maximum atomic E-state index is 12.5. The van der Waals surface area contributed by atoms with Gasteiger partial charge < -0.3 is 10.2 Å². The van der Waals surface area contributed by atoms with Gasteiger partial charge in [0.2, 0.25) is 5.78 Å². The number of amidine groups is 1. The molecule has 6 heteroatoms. The van der Waals surface area contributed by atoms with Crippen molar-refractivity contribution in [3.05, 3.63) is 0 Å². The normalized spacial score (nSPS) is 19.8. The standard InChI is InChI=1S/C19H34N2O4/c1-2-3-4-5-6-7-8-9-10-11-17(23)19-20-12-13-21(19,14-15-22)16-18(24)25/h22H,2-16H2,1H3/p+1. The molecule has 25 heavy (non-hydrogen) atoms. The molecule has 6 nitrogen and oxygen atoms in total. The summed E-state index contributed by atoms with van der Waals surface area (Å²) in [7, 11) is 0. The van der Waals surface area contributed by atoms with E-state index in [9.17, 15) is 14.7 Å². The summed E-state index contributed by atoms with van der Waals surface area (Å²) in [6.07, 6.45) is 11.2. The van der Waals surface area contributed by atoms with Crippen LogP contribution in [-0.4, -0.2) is 65.1 Å². The lowest BCUT2D eigenvalue weighted by Gasteiger charge is -2.31. The number of hydrogen-bond donors (Lipinski definition) is 2. The number of carboxylic acids is 1. The van der Waals surface area contributed by atoms with Crippen molar-refractivity contribution >= 4 is 17.6 Å². The molecular formula is C19H35N2O4+. The van der Waals surface area contributed by atoms with Crippen LogP contribution in [0, 0.1) is 0 Å². The predicted octanol–water partition coefficient (Wildman–Crippen LogP) is 2.78. The minimum absolute atomic E-state index is 0.00208. The van der Waals surface area contributed by atoms with Crippen molar-refractivity contribution in [1.29, 1.82) is 0 Å². The first-order valence-corrected chi connectivity index (χ1v) is 9.82. The van der Waals surface area contributed by atoms with E-state index < -0.39 is 5.97 Å². The Morgan fingerprint density at radius 2 is 1.64 bits per heavy atom. The second-order valence-electron chi connectivity index (χ2n) is 7.07. The monoisotopic (exact) mass is 355 g/mol. The van der Waals surface area contributed by atoms with E-state index in [1.165, 1.54) is 38.5 Å². The van der Waals surface area contributed by atoms with E-state index in [0.29, 0.717) is 25.3 Å². The summed E-state index contributed by atoms with van der Waals surface area (Å²) >= 11 is 0. The Kier molecular flexibility index (Phi) is 10.6. The Morgan fingerprint density at radius 1 is 1.04 bits per heavy atom. The zero-order valence-electron chi connectivity index (χ0n) is 15.7. The Labute approximate surface area is 151 Å². The van der Waals surface area contributed by atoms with Gasteiger partial charge in [-0.25, -0.2) is 9.79 Å². The lowest BCUT2D eigenvalue weighted by atomic mass is 10.0. The Bertz CT molecular complexity index is 451. The van der Waals surface area contributed by atoms with Crippen LogP contribution in [0.25, 0.3) is 0 Å². The van der Waals surface area contributed by atoms with Crippen LogP contribution >= 0.6 is 0 Å². The Balaban J connectivity index is 2.32. The second kappa shape index (κ2) is 12.1. The summed E-state index contributed by atoms with van der Waals surface area (Å²) < 4.78 is 0.00208. The molecule has 1 aliphatic rings. The average molecular weight is 355 g/mol. The number of unbranched alkanes of at least 4 members (excludes halogenated alkanes) is 8. The van der Waals surface area contributed by atoms with E-state index in [0.717, 1.165) is 19.3 Å². The molecule has 1 unspecified atom stereocenters. The van der Waals surface area contributed by atoms with Crippen LogP contribution in [0.15, 0.2) is 4.99 Å². The largest absolute Gasteiger partial charge is 0.477 e. The molecule has 0 spiro atoms. The van der Waals surface area contributed by atoms with Crippen LogP contribution in [0.4, 0.5) is 0 Å². The molecule has 1 aliphatic heterocycles. The molecule has 0 fully saturated rings. The second-order valence-corrected chi connectivity index (χ2v) is 7.07. The van der Waals surface area contributed by atoms with Gasteiger partial charge in [-0.3, -0.25) is 9.28 Å². The van der Waals surface area contributed by atoms with Crippen LogP contribution in [0.2, 0.25) is 0 Å². The summed E-state index contributed by atoms with van der Waals surface area (Å²) in [4.78, 5) is 28.0. The molecule has 1 rings (SSSR count). The van der Waals surface area contributed by atoms with Crippen LogP contribution in [-0.2, 0) is 9.59 Å². The molecule has 0 saturated heterocycles. The highest BCUT2D eigenvalue weighted by molar-refractivity contribution is 6.36. The molecule has 0 radical (unpaired) electrons. The van der Waals surface area contributed by atoms with Gasteiger partial charge in [-0.15, -0.1) is 0 Å². The Morgan fingerprint density at radius 3 is 2.20 bits per heavy atom. The number of carboxylic acid groups (broad SMARTS) is 1. The van der Waals surface area contributed by atoms with Gasteiger partial charge in [0.1, 0.15) is 13.1 Å². The third-order valence-corrected chi connectivity index (χ3v) is 4.96. The zero-order valence-corrected chi connectivity index (χ0v) is 15.7. The number of ketones is 1. The van der Waals surface area contributed by atoms with Crippen molar-refractivity contribution in [2.75, 3.05) is 32.8 Å². The summed E-state index contributed by atoms with van der Waals surface area (Å²) in [5, 5.41) is 18.4. The number of carbonyl (C=O) groups excluding carboxylic acids is 1. The average Bonchev–Trinajstić information content (AvgIpc) is 2.96. The van der Waals surface area contributed by atoms with Crippen molar-refractivity contribution < 1.29 is 24.3 Å². The number of nitrogens with zero attached hydrogens (tertiary/aromatic N) is 2. The molecule has 0 aromatic carbocycles. The number of carbonyl (C=O) groups is 2. The van der Waals surface area contributed by atoms with E-state index >= 15 is 0 Å². The van der Waals surface area contributed by atoms with Gasteiger partial charge in [0.15, 0.2) is 6.54 Å². The first-order chi connectivity index (χ1) is 12.1. The van der Waals surface area contributed by atoms with Crippen molar-refractivity contribution in [3.63, 3.8) is 0 Å². The lowest BCUT2D eigenvalue weighted by Crippen LogP contribution is -2.57. The minimum Gasteiger partial charge on any atom is -0.477 e. The molecule has 0 saturated carbocycles. The highest BCUT2D eigenvalue weighted by Crippen LogP contribution is 2.18. The van der Waals surface area contributed by atoms with Crippen LogP contribution in [0.5, 0.6) is 0 Å². The number of rotatable bonds is 15. The fourth-order valence-electron chi connectivity index (χ4n) is 3.56. The Hall–Kier alpha value is -1.27. The van der Waals surface area contributed by atoms with E-state index in [1.807, 2.05) is 0 Å². The summed E-state index contributed by atoms with van der Waals surface area (Å²) in [5.74, 6) is -0.648. The number of aliphatic imine (C=N–C) groups is 1. The molecule has 0 aromatic rings. The van der Waals surface area contributed by atoms with Crippen LogP contribution < -0.4 is 0 Å². The maximum absolute atomic E-state index is 12.5. The molecule has 1 atom stereocenters. The third kappa shape index (κ3) is 7.65. The fraction of sp³-hybridized carbons (Fsp3) is 0.842. The number of aliphatic hydroxyl groups is 1. The van der Waals surface area contributed by atoms with Crippen molar-refractivity contribution in [2.24, 2.45) is 4.99 Å². The van der Waals surface area contributed by atoms with Gasteiger partial charge in [0.25, 0.3) is 5.84 Å². The molecular weight excluding hydrogens is 320 g/mol. The van der Waals surface area contributed by atoms with Gasteiger partial charge >= 0.3 is 5.97 Å². The SMILES string of the molecule is CCCCCCCCCCCC(=O)C1=NCC[N+]1(CCO)CC(=O)O. The maximum Gasteiger partial charge on any atom is 0.359 e. The van der Waals surface area contributed by atoms with Crippen molar-refractivity contribution in [2.45, 2.75) is 71.1 Å². The summed E-state index contributed by atoms with van der Waals surface area (Å²) in [6.45, 7) is 3.10. The fourth-order valence-corrected chi connectivity index (χ4v) is 3.56. The highest BCUT2D eigenvalue weighted by atomic mass is 16.4. The topological polar surface area (TPSA) is 87.0 Å². The van der Waals surface area contributed by atoms with Gasteiger partial charge in [0.05, 0.1) is 13.2 Å². The van der Waals surface area contributed by atoms with E-state index in [1.54, 1.807) is 0 Å². The van der Waals surface area contributed by atoms with E-state index in [-0.39, 0.29) is 30.0 Å². The molecule has 0 amide bonds. The molecule has 2 N–H and O–H groups in total. The quantitative estimate of drug-likeness (QED) is 0.349. The van der Waals surface area contributed by atoms with Crippen molar-refractivity contribution in [1.82, 2.24) is 0 Å². The molecule has 0 aromatic heterocycles. The number of quaternary nitrogens is 1. The predicted molar refractivity (Wildman–Crippen MR) is 98.7 cm³/mol. The molecule has 144 valence electrons. The van der Waals surface area contributed by atoms with E-state index in [4.69, 9.17) is 5.11 Å². The zero-order chi connectivity index (χ0) is 18.5. The smallest absolute Gasteiger partial charge is 0.359 e. The van der Waals surface area contributed by atoms with Gasteiger partial charge in [-0.1, -0.05) is 58.3 Å². The molecule has 0 bridgehead atoms. The van der Waals surface area contributed by atoms with Crippen molar-refractivity contribution in [3.8, 4) is 0 Å². The van der Waals surface area contributed by atoms with Gasteiger partial charge in [-0.2, -0.15) is 0 Å². The first-order valence-electron chi connectivity index (χ1n) is 9.82. The number of aliphatic carboxylic acids is 1. The summed E-state index contributed by atoms with van der Waals surface area (Å²) in [5.41, 5.74) is 0. The highest BCUT2D eigenvalue weighted by Gasteiger charge is 2.43.